The summed E-state index contributed by atoms with van der Waals surface area (Å²) >= 11 is 0. The molecule has 2 aromatic carbocycles. The van der Waals surface area contributed by atoms with E-state index in [2.05, 4.69) is 39.5 Å². The van der Waals surface area contributed by atoms with Crippen LogP contribution in [-0.4, -0.2) is 36.6 Å². The van der Waals surface area contributed by atoms with E-state index in [1.807, 2.05) is 57.2 Å². The fraction of sp³-hybridized carbons (Fsp3) is 0.485. The molecule has 1 aliphatic heterocycles. The first kappa shape index (κ1) is 28.9. The average molecular weight is 559 g/mol. The molecular formula is C33H42N4O4. The zero-order valence-corrected chi connectivity index (χ0v) is 24.4. The molecule has 218 valence electrons. The summed E-state index contributed by atoms with van der Waals surface area (Å²) in [5.41, 5.74) is 3.65. The van der Waals surface area contributed by atoms with Crippen LogP contribution in [0.25, 0.3) is 5.57 Å². The van der Waals surface area contributed by atoms with Crippen molar-refractivity contribution in [1.82, 2.24) is 10.6 Å². The predicted molar refractivity (Wildman–Crippen MR) is 161 cm³/mol. The number of fused-ring (bicyclic) bond motifs is 3. The Bertz CT molecular complexity index is 1280. The number of benzene rings is 2. The molecule has 2 bridgehead atoms. The molecule has 1 heterocycles. The number of hydrogen-bond donors (Lipinski definition) is 4. The summed E-state index contributed by atoms with van der Waals surface area (Å²) in [7, 11) is 0. The Morgan fingerprint density at radius 2 is 1.32 bits per heavy atom. The monoisotopic (exact) mass is 558 g/mol. The maximum Gasteiger partial charge on any atom is 0.407 e. The molecule has 0 atom stereocenters. The van der Waals surface area contributed by atoms with Crippen LogP contribution in [0.3, 0.4) is 0 Å². The van der Waals surface area contributed by atoms with Crippen LogP contribution in [0, 0.1) is 10.8 Å². The standard InChI is InChI=1S/C33H42N4O4/c1-31(2,3)41-30(40)35-22-23-4-8-26(9-5-23)36-28(38)32-14-17-33(18-15-32,19-16-32)29(39)37-27-10-6-24(7-11-27)25-12-20-34-21-13-25/h4-12,34H,13-22H2,1-3H3,(H,35,40)(H,36,38)(H,37,39). The van der Waals surface area contributed by atoms with Crippen molar-refractivity contribution in [3.63, 3.8) is 0 Å². The van der Waals surface area contributed by atoms with Crippen LogP contribution >= 0.6 is 0 Å². The van der Waals surface area contributed by atoms with E-state index in [9.17, 15) is 14.4 Å². The summed E-state index contributed by atoms with van der Waals surface area (Å²) in [5.74, 6) is 0.115. The summed E-state index contributed by atoms with van der Waals surface area (Å²) in [6.07, 6.45) is 7.09. The highest BCUT2D eigenvalue weighted by atomic mass is 16.6. The van der Waals surface area contributed by atoms with Crippen LogP contribution in [0.2, 0.25) is 0 Å². The maximum absolute atomic E-state index is 13.4. The van der Waals surface area contributed by atoms with Crippen LogP contribution in [0.5, 0.6) is 0 Å². The summed E-state index contributed by atoms with van der Waals surface area (Å²) in [5, 5.41) is 12.4. The number of carbonyl (C=O) groups is 3. The Morgan fingerprint density at radius 1 is 0.805 bits per heavy atom. The molecule has 2 aromatic rings. The van der Waals surface area contributed by atoms with E-state index in [1.54, 1.807) is 0 Å². The molecule has 0 unspecified atom stereocenters. The van der Waals surface area contributed by atoms with Gasteiger partial charge >= 0.3 is 6.09 Å². The van der Waals surface area contributed by atoms with Gasteiger partial charge in [0.15, 0.2) is 0 Å². The van der Waals surface area contributed by atoms with Crippen LogP contribution < -0.4 is 21.3 Å². The van der Waals surface area contributed by atoms with Gasteiger partial charge < -0.3 is 26.0 Å². The van der Waals surface area contributed by atoms with Crippen molar-refractivity contribution in [2.24, 2.45) is 10.8 Å². The minimum Gasteiger partial charge on any atom is -0.444 e. The zero-order chi connectivity index (χ0) is 29.1. The predicted octanol–water partition coefficient (Wildman–Crippen LogP) is 6.01. The van der Waals surface area contributed by atoms with Gasteiger partial charge in [0.2, 0.25) is 11.8 Å². The van der Waals surface area contributed by atoms with E-state index in [0.717, 1.165) is 55.7 Å². The number of hydrogen-bond acceptors (Lipinski definition) is 5. The number of ether oxygens (including phenoxy) is 1. The first-order chi connectivity index (χ1) is 19.6. The molecular weight excluding hydrogens is 516 g/mol. The molecule has 3 saturated carbocycles. The van der Waals surface area contributed by atoms with Gasteiger partial charge in [-0.15, -0.1) is 0 Å². The lowest BCUT2D eigenvalue weighted by molar-refractivity contribution is -0.144. The van der Waals surface area contributed by atoms with Gasteiger partial charge in [0, 0.05) is 35.3 Å². The lowest BCUT2D eigenvalue weighted by Crippen LogP contribution is -2.52. The topological polar surface area (TPSA) is 109 Å². The van der Waals surface area contributed by atoms with Gasteiger partial charge in [-0.3, -0.25) is 9.59 Å². The summed E-state index contributed by atoms with van der Waals surface area (Å²) in [6.45, 7) is 7.71. The van der Waals surface area contributed by atoms with Crippen molar-refractivity contribution in [2.45, 2.75) is 77.9 Å². The molecule has 0 aromatic heterocycles. The Balaban J connectivity index is 1.12. The van der Waals surface area contributed by atoms with Gasteiger partial charge in [0.1, 0.15) is 5.60 Å². The number of amides is 3. The molecule has 4 aliphatic rings. The minimum atomic E-state index is -0.545. The van der Waals surface area contributed by atoms with Crippen molar-refractivity contribution in [3.8, 4) is 0 Å². The fourth-order valence-corrected chi connectivity index (χ4v) is 6.24. The third-order valence-corrected chi connectivity index (χ3v) is 8.83. The van der Waals surface area contributed by atoms with Gasteiger partial charge in [0.25, 0.3) is 0 Å². The fourth-order valence-electron chi connectivity index (χ4n) is 6.24. The molecule has 3 fully saturated rings. The molecule has 3 amide bonds. The molecule has 41 heavy (non-hydrogen) atoms. The van der Waals surface area contributed by atoms with E-state index in [-0.39, 0.29) is 11.8 Å². The minimum absolute atomic E-state index is 0.0358. The summed E-state index contributed by atoms with van der Waals surface area (Å²) in [6, 6.07) is 15.7. The molecule has 8 nitrogen and oxygen atoms in total. The van der Waals surface area contributed by atoms with Crippen molar-refractivity contribution in [3.05, 3.63) is 65.7 Å². The Morgan fingerprint density at radius 3 is 1.78 bits per heavy atom. The van der Waals surface area contributed by atoms with Crippen molar-refractivity contribution < 1.29 is 19.1 Å². The molecule has 8 heteroatoms. The van der Waals surface area contributed by atoms with E-state index >= 15 is 0 Å². The van der Waals surface area contributed by atoms with E-state index in [0.29, 0.717) is 25.8 Å². The number of anilines is 2. The van der Waals surface area contributed by atoms with Crippen molar-refractivity contribution >= 4 is 34.9 Å². The normalized spacial score (nSPS) is 23.7. The zero-order valence-electron chi connectivity index (χ0n) is 24.4. The third-order valence-electron chi connectivity index (χ3n) is 8.83. The maximum atomic E-state index is 13.4. The highest BCUT2D eigenvalue weighted by molar-refractivity contribution is 5.98. The number of rotatable bonds is 7. The second kappa shape index (κ2) is 11.7. The highest BCUT2D eigenvalue weighted by Crippen LogP contribution is 2.57. The van der Waals surface area contributed by atoms with Gasteiger partial charge in [-0.05, 0) is 113 Å². The van der Waals surface area contributed by atoms with E-state index < -0.39 is 22.5 Å². The quantitative estimate of drug-likeness (QED) is 0.333. The molecule has 3 aliphatic carbocycles. The Labute approximate surface area is 242 Å². The smallest absolute Gasteiger partial charge is 0.407 e. The van der Waals surface area contributed by atoms with Crippen LogP contribution in [-0.2, 0) is 20.9 Å². The average Bonchev–Trinajstić information content (AvgIpc) is 2.98. The number of alkyl carbamates (subject to hydrolysis) is 1. The second-order valence-electron chi connectivity index (χ2n) is 12.8. The SMILES string of the molecule is CC(C)(C)OC(=O)NCc1ccc(NC(=O)C23CCC(C(=O)Nc4ccc(C5=CCNCC5)cc4)(CC2)CC3)cc1. The summed E-state index contributed by atoms with van der Waals surface area (Å²) in [4.78, 5) is 38.7. The number of nitrogens with one attached hydrogen (secondary N) is 4. The van der Waals surface area contributed by atoms with Crippen LogP contribution in [0.15, 0.2) is 54.6 Å². The summed E-state index contributed by atoms with van der Waals surface area (Å²) < 4.78 is 5.27. The number of carbonyl (C=O) groups excluding carboxylic acids is 3. The van der Waals surface area contributed by atoms with E-state index in [4.69, 9.17) is 4.74 Å². The Kier molecular flexibility index (Phi) is 8.23. The molecule has 0 radical (unpaired) electrons. The first-order valence-corrected chi connectivity index (χ1v) is 14.7. The van der Waals surface area contributed by atoms with Crippen LogP contribution in [0.4, 0.5) is 16.2 Å². The second-order valence-corrected chi connectivity index (χ2v) is 12.8. The van der Waals surface area contributed by atoms with Crippen molar-refractivity contribution in [2.75, 3.05) is 23.7 Å². The van der Waals surface area contributed by atoms with Gasteiger partial charge in [-0.25, -0.2) is 4.79 Å². The third kappa shape index (κ3) is 6.81. The highest BCUT2D eigenvalue weighted by Gasteiger charge is 2.55. The molecule has 0 saturated heterocycles. The lowest BCUT2D eigenvalue weighted by atomic mass is 9.53. The molecule has 4 N–H and O–H groups in total. The van der Waals surface area contributed by atoms with Gasteiger partial charge in [-0.1, -0.05) is 30.3 Å². The van der Waals surface area contributed by atoms with E-state index in [1.165, 1.54) is 11.1 Å². The van der Waals surface area contributed by atoms with Gasteiger partial charge in [-0.2, -0.15) is 0 Å². The lowest BCUT2D eigenvalue weighted by Gasteiger charge is -2.51. The van der Waals surface area contributed by atoms with Gasteiger partial charge in [0.05, 0.1) is 0 Å². The molecule has 0 spiro atoms. The first-order valence-electron chi connectivity index (χ1n) is 14.7. The Hall–Kier alpha value is -3.65. The van der Waals surface area contributed by atoms with Crippen LogP contribution in [0.1, 0.15) is 76.8 Å². The van der Waals surface area contributed by atoms with Crippen molar-refractivity contribution in [1.29, 1.82) is 0 Å². The largest absolute Gasteiger partial charge is 0.444 e. The molecule has 6 rings (SSSR count).